The first-order chi connectivity index (χ1) is 16.7. The number of aromatic nitrogens is 1. The largest absolute Gasteiger partial charge is 0.404 e. The molecule has 0 spiro atoms. The molecule has 36 heavy (non-hydrogen) atoms. The second-order valence-electron chi connectivity index (χ2n) is 9.33. The molecule has 7 nitrogen and oxygen atoms in total. The van der Waals surface area contributed by atoms with E-state index in [1.807, 2.05) is 0 Å². The molecule has 0 saturated heterocycles. The number of halogens is 5. The first-order valence-corrected chi connectivity index (χ1v) is 14.3. The zero-order chi connectivity index (χ0) is 26.5. The lowest BCUT2D eigenvalue weighted by Crippen LogP contribution is -2.43. The van der Waals surface area contributed by atoms with Crippen molar-refractivity contribution in [2.75, 3.05) is 6.54 Å². The number of rotatable bonds is 9. The van der Waals surface area contributed by atoms with Gasteiger partial charge in [0, 0.05) is 12.1 Å². The highest BCUT2D eigenvalue weighted by Crippen LogP contribution is 2.43. The molecule has 1 unspecified atom stereocenters. The summed E-state index contributed by atoms with van der Waals surface area (Å²) < 4.78 is 65.4. The van der Waals surface area contributed by atoms with Gasteiger partial charge >= 0.3 is 6.18 Å². The second kappa shape index (κ2) is 10.0. The lowest BCUT2D eigenvalue weighted by atomic mass is 9.82. The molecule has 0 aliphatic heterocycles. The Kier molecular flexibility index (Phi) is 7.69. The fourth-order valence-electron chi connectivity index (χ4n) is 3.69. The van der Waals surface area contributed by atoms with E-state index in [1.54, 1.807) is 4.72 Å². The number of carbonyl (C=O) groups excluding carboxylic acids is 1. The molecule has 2 fully saturated rings. The number of benzene rings is 1. The average Bonchev–Trinajstić information content (AvgIpc) is 3.34. The van der Waals surface area contributed by atoms with Gasteiger partial charge in [-0.25, -0.2) is 13.4 Å². The van der Waals surface area contributed by atoms with Crippen LogP contribution in [-0.2, 0) is 16.4 Å². The third-order valence-electron chi connectivity index (χ3n) is 6.41. The maximum absolute atomic E-state index is 12.9. The van der Waals surface area contributed by atoms with Crippen LogP contribution in [-0.4, -0.2) is 48.8 Å². The highest BCUT2D eigenvalue weighted by Gasteiger charge is 2.41. The lowest BCUT2D eigenvalue weighted by Gasteiger charge is -2.24. The van der Waals surface area contributed by atoms with Crippen molar-refractivity contribution >= 4 is 50.5 Å². The topological polar surface area (TPSA) is 108 Å². The Hall–Kier alpha value is -1.44. The van der Waals surface area contributed by atoms with E-state index in [4.69, 9.17) is 23.2 Å². The van der Waals surface area contributed by atoms with Gasteiger partial charge in [0.25, 0.3) is 5.91 Å². The molecule has 2 aliphatic rings. The van der Waals surface area contributed by atoms with Gasteiger partial charge in [0.05, 0.1) is 26.2 Å². The minimum absolute atomic E-state index is 0.112. The van der Waals surface area contributed by atoms with Crippen LogP contribution < -0.4 is 10.0 Å². The Morgan fingerprint density at radius 3 is 2.50 bits per heavy atom. The molecule has 1 aromatic heterocycles. The normalized spacial score (nSPS) is 18.5. The van der Waals surface area contributed by atoms with Gasteiger partial charge in [0.15, 0.2) is 5.01 Å². The van der Waals surface area contributed by atoms with Gasteiger partial charge in [0.2, 0.25) is 10.0 Å². The molecule has 2 saturated carbocycles. The first-order valence-electron chi connectivity index (χ1n) is 11.3. The molecule has 0 radical (unpaired) electrons. The van der Waals surface area contributed by atoms with Crippen molar-refractivity contribution in [2.24, 2.45) is 5.92 Å². The third kappa shape index (κ3) is 5.99. The first kappa shape index (κ1) is 27.6. The summed E-state index contributed by atoms with van der Waals surface area (Å²) in [6, 6.07) is 0.111. The molecule has 1 heterocycles. The SMILES string of the molecule is CC(NS(=O)(=O)c1ccc(-c2sc(C(=O)NCC3(O)CC3)nc2CC2CCC2)c(Cl)c1Cl)C(F)(F)F. The van der Waals surface area contributed by atoms with E-state index in [1.165, 1.54) is 6.07 Å². The van der Waals surface area contributed by atoms with Crippen molar-refractivity contribution in [2.45, 2.75) is 68.2 Å². The number of nitrogens with one attached hydrogen (secondary N) is 2. The lowest BCUT2D eigenvalue weighted by molar-refractivity contribution is -0.147. The van der Waals surface area contributed by atoms with Crippen molar-refractivity contribution in [3.05, 3.63) is 32.9 Å². The quantitative estimate of drug-likeness (QED) is 0.386. The van der Waals surface area contributed by atoms with Crippen LogP contribution >= 0.6 is 34.5 Å². The van der Waals surface area contributed by atoms with Gasteiger partial charge < -0.3 is 10.4 Å². The van der Waals surface area contributed by atoms with Gasteiger partial charge in [-0.05, 0) is 38.2 Å². The molecule has 2 aliphatic carbocycles. The van der Waals surface area contributed by atoms with Crippen LogP contribution in [0.15, 0.2) is 17.0 Å². The van der Waals surface area contributed by atoms with Crippen LogP contribution in [0.1, 0.15) is 54.5 Å². The zero-order valence-corrected chi connectivity index (χ0v) is 22.2. The summed E-state index contributed by atoms with van der Waals surface area (Å²) in [4.78, 5) is 17.1. The molecule has 2 aromatic rings. The summed E-state index contributed by atoms with van der Waals surface area (Å²) in [6.07, 6.45) is 0.155. The minimum Gasteiger partial charge on any atom is -0.388 e. The van der Waals surface area contributed by atoms with Gasteiger partial charge in [-0.3, -0.25) is 4.79 Å². The Morgan fingerprint density at radius 2 is 1.94 bits per heavy atom. The molecular weight excluding hydrogens is 562 g/mol. The fourth-order valence-corrected chi connectivity index (χ4v) is 6.88. The highest BCUT2D eigenvalue weighted by molar-refractivity contribution is 7.89. The summed E-state index contributed by atoms with van der Waals surface area (Å²) in [6.45, 7) is 0.793. The molecule has 1 aromatic carbocycles. The minimum atomic E-state index is -4.78. The number of hydrogen-bond acceptors (Lipinski definition) is 6. The van der Waals surface area contributed by atoms with Gasteiger partial charge in [0.1, 0.15) is 10.9 Å². The van der Waals surface area contributed by atoms with Crippen molar-refractivity contribution in [3.8, 4) is 10.4 Å². The Labute approximate surface area is 220 Å². The van der Waals surface area contributed by atoms with E-state index in [2.05, 4.69) is 10.3 Å². The number of carbonyl (C=O) groups is 1. The van der Waals surface area contributed by atoms with Crippen LogP contribution in [0.5, 0.6) is 0 Å². The summed E-state index contributed by atoms with van der Waals surface area (Å²) in [5.74, 6) is -0.0657. The van der Waals surface area contributed by atoms with Crippen LogP contribution in [0.2, 0.25) is 10.0 Å². The van der Waals surface area contributed by atoms with E-state index >= 15 is 0 Å². The Morgan fingerprint density at radius 1 is 1.28 bits per heavy atom. The standard InChI is InChI=1S/C22H24Cl2F3N3O4S2/c1-11(22(25,26)27)30-36(33,34)15-6-5-13(16(23)17(15)24)18-14(9-12-3-2-4-12)29-20(35-18)19(31)28-10-21(32)7-8-21/h5-6,11-12,30,32H,2-4,7-10H2,1H3,(H,28,31). The molecule has 3 N–H and O–H groups in total. The monoisotopic (exact) mass is 585 g/mol. The maximum Gasteiger partial charge on any atom is 0.404 e. The van der Waals surface area contributed by atoms with Crippen molar-refractivity contribution < 1.29 is 31.5 Å². The van der Waals surface area contributed by atoms with Crippen LogP contribution in [0, 0.1) is 5.92 Å². The molecule has 14 heteroatoms. The summed E-state index contributed by atoms with van der Waals surface area (Å²) in [5.41, 5.74) is 0.0638. The third-order valence-corrected chi connectivity index (χ3v) is 10.1. The second-order valence-corrected chi connectivity index (χ2v) is 12.8. The highest BCUT2D eigenvalue weighted by atomic mass is 35.5. The van der Waals surface area contributed by atoms with Crippen molar-refractivity contribution in [1.29, 1.82) is 0 Å². The average molecular weight is 586 g/mol. The zero-order valence-electron chi connectivity index (χ0n) is 19.1. The Balaban J connectivity index is 1.66. The molecule has 1 atom stereocenters. The summed E-state index contributed by atoms with van der Waals surface area (Å²) >= 11 is 13.7. The number of hydrogen-bond donors (Lipinski definition) is 3. The molecular formula is C22H24Cl2F3N3O4S2. The molecule has 198 valence electrons. The number of thiazole rings is 1. The maximum atomic E-state index is 12.9. The predicted octanol–water partition coefficient (Wildman–Crippen LogP) is 4.94. The van der Waals surface area contributed by atoms with Gasteiger partial charge in [-0.15, -0.1) is 11.3 Å². The van der Waals surface area contributed by atoms with E-state index in [9.17, 15) is 31.5 Å². The van der Waals surface area contributed by atoms with Crippen molar-refractivity contribution in [3.63, 3.8) is 0 Å². The predicted molar refractivity (Wildman–Crippen MR) is 131 cm³/mol. The van der Waals surface area contributed by atoms with E-state index < -0.39 is 43.7 Å². The smallest absolute Gasteiger partial charge is 0.388 e. The van der Waals surface area contributed by atoms with Gasteiger partial charge in [-0.2, -0.15) is 17.9 Å². The number of alkyl halides is 3. The molecule has 0 bridgehead atoms. The van der Waals surface area contributed by atoms with Crippen LogP contribution in [0.4, 0.5) is 13.2 Å². The van der Waals surface area contributed by atoms with Crippen LogP contribution in [0.25, 0.3) is 10.4 Å². The Bertz CT molecular complexity index is 1280. The molecule has 4 rings (SSSR count). The van der Waals surface area contributed by atoms with Crippen LogP contribution in [0.3, 0.4) is 0 Å². The number of nitrogens with zero attached hydrogens (tertiary/aromatic N) is 1. The van der Waals surface area contributed by atoms with E-state index in [0.717, 1.165) is 36.7 Å². The van der Waals surface area contributed by atoms with Crippen molar-refractivity contribution in [1.82, 2.24) is 15.0 Å². The van der Waals surface area contributed by atoms with E-state index in [-0.39, 0.29) is 16.6 Å². The molecule has 1 amide bonds. The number of amides is 1. The van der Waals surface area contributed by atoms with Gasteiger partial charge in [-0.1, -0.05) is 48.5 Å². The number of sulfonamides is 1. The summed E-state index contributed by atoms with van der Waals surface area (Å²) in [7, 11) is -4.63. The summed E-state index contributed by atoms with van der Waals surface area (Å²) in [5, 5.41) is 12.2. The fraction of sp³-hybridized carbons (Fsp3) is 0.545. The number of aliphatic hydroxyl groups is 1. The van der Waals surface area contributed by atoms with E-state index in [0.29, 0.717) is 48.2 Å².